The van der Waals surface area contributed by atoms with E-state index in [2.05, 4.69) is 15.0 Å². The van der Waals surface area contributed by atoms with Crippen LogP contribution in [0.4, 0.5) is 0 Å². The average Bonchev–Trinajstić information content (AvgIpc) is 3.10. The number of nitrogens with one attached hydrogen (secondary N) is 2. The fraction of sp³-hybridized carbons (Fsp3) is 0.750. The summed E-state index contributed by atoms with van der Waals surface area (Å²) in [5.41, 5.74) is 0. The summed E-state index contributed by atoms with van der Waals surface area (Å²) in [5.74, 6) is 0.721. The standard InChI is InChI=1S/C12H22N4O2S/c1-3-16-9-12(15-10(16)2)19(17,18)14-8-4-7-13-11-5-6-11/h9,11,13-14H,3-8H2,1-2H3. The molecule has 108 valence electrons. The second-order valence-corrected chi connectivity index (χ2v) is 6.61. The lowest BCUT2D eigenvalue weighted by Crippen LogP contribution is -2.28. The minimum absolute atomic E-state index is 0.113. The van der Waals surface area contributed by atoms with Gasteiger partial charge in [-0.1, -0.05) is 0 Å². The fourth-order valence-electron chi connectivity index (χ4n) is 1.89. The Labute approximate surface area is 114 Å². The average molecular weight is 286 g/mol. The first kappa shape index (κ1) is 14.5. The minimum Gasteiger partial charge on any atom is -0.334 e. The lowest BCUT2D eigenvalue weighted by molar-refractivity contribution is 0.570. The summed E-state index contributed by atoms with van der Waals surface area (Å²) in [5, 5.41) is 3.46. The number of nitrogens with zero attached hydrogens (tertiary/aromatic N) is 2. The van der Waals surface area contributed by atoms with Crippen molar-refractivity contribution in [2.75, 3.05) is 13.1 Å². The van der Waals surface area contributed by atoms with Gasteiger partial charge in [-0.3, -0.25) is 0 Å². The van der Waals surface area contributed by atoms with Crippen LogP contribution in [0.5, 0.6) is 0 Å². The molecule has 7 heteroatoms. The molecule has 2 N–H and O–H groups in total. The van der Waals surface area contributed by atoms with Crippen molar-refractivity contribution in [1.82, 2.24) is 19.6 Å². The zero-order chi connectivity index (χ0) is 13.9. The molecule has 0 aliphatic heterocycles. The highest BCUT2D eigenvalue weighted by Gasteiger charge is 2.20. The van der Waals surface area contributed by atoms with Gasteiger partial charge >= 0.3 is 0 Å². The highest BCUT2D eigenvalue weighted by atomic mass is 32.2. The lowest BCUT2D eigenvalue weighted by Gasteiger charge is -2.05. The predicted molar refractivity (Wildman–Crippen MR) is 73.5 cm³/mol. The third-order valence-corrected chi connectivity index (χ3v) is 4.56. The van der Waals surface area contributed by atoms with E-state index in [1.54, 1.807) is 6.20 Å². The van der Waals surface area contributed by atoms with Gasteiger partial charge in [0, 0.05) is 25.3 Å². The number of imidazole rings is 1. The molecule has 0 amide bonds. The van der Waals surface area contributed by atoms with Gasteiger partial charge in [-0.25, -0.2) is 18.1 Å². The molecule has 1 heterocycles. The van der Waals surface area contributed by atoms with Crippen LogP contribution in [-0.4, -0.2) is 37.1 Å². The molecule has 0 unspecified atom stereocenters. The van der Waals surface area contributed by atoms with E-state index < -0.39 is 10.0 Å². The van der Waals surface area contributed by atoms with E-state index in [4.69, 9.17) is 0 Å². The van der Waals surface area contributed by atoms with E-state index in [-0.39, 0.29) is 5.03 Å². The second-order valence-electron chi connectivity index (χ2n) is 4.89. The van der Waals surface area contributed by atoms with Gasteiger partial charge in [0.1, 0.15) is 5.82 Å². The molecular formula is C12H22N4O2S. The quantitative estimate of drug-likeness (QED) is 0.687. The van der Waals surface area contributed by atoms with Crippen LogP contribution in [0.2, 0.25) is 0 Å². The molecule has 6 nitrogen and oxygen atoms in total. The zero-order valence-electron chi connectivity index (χ0n) is 11.5. The Morgan fingerprint density at radius 2 is 2.16 bits per heavy atom. The maximum atomic E-state index is 12.0. The van der Waals surface area contributed by atoms with Crippen LogP contribution in [0.15, 0.2) is 11.2 Å². The molecule has 0 atom stereocenters. The molecule has 0 bridgehead atoms. The number of rotatable bonds is 8. The lowest BCUT2D eigenvalue weighted by atomic mass is 10.4. The Kier molecular flexibility index (Phi) is 4.59. The third-order valence-electron chi connectivity index (χ3n) is 3.23. The van der Waals surface area contributed by atoms with Gasteiger partial charge in [0.25, 0.3) is 10.0 Å². The van der Waals surface area contributed by atoms with Gasteiger partial charge in [-0.2, -0.15) is 0 Å². The van der Waals surface area contributed by atoms with Crippen LogP contribution in [-0.2, 0) is 16.6 Å². The van der Waals surface area contributed by atoms with E-state index in [0.717, 1.165) is 25.3 Å². The third kappa shape index (κ3) is 4.02. The molecule has 1 aliphatic carbocycles. The van der Waals surface area contributed by atoms with Crippen LogP contribution in [0, 0.1) is 6.92 Å². The van der Waals surface area contributed by atoms with Gasteiger partial charge in [0.05, 0.1) is 0 Å². The van der Waals surface area contributed by atoms with Gasteiger partial charge < -0.3 is 9.88 Å². The summed E-state index contributed by atoms with van der Waals surface area (Å²) in [6.07, 6.45) is 4.88. The number of aromatic nitrogens is 2. The first-order valence-electron chi connectivity index (χ1n) is 6.79. The Balaban J connectivity index is 1.82. The number of hydrogen-bond donors (Lipinski definition) is 2. The van der Waals surface area contributed by atoms with Crippen molar-refractivity contribution >= 4 is 10.0 Å². The monoisotopic (exact) mass is 286 g/mol. The van der Waals surface area contributed by atoms with Crippen molar-refractivity contribution in [2.45, 2.75) is 50.7 Å². The van der Waals surface area contributed by atoms with Crippen LogP contribution >= 0.6 is 0 Å². The smallest absolute Gasteiger partial charge is 0.259 e. The summed E-state index contributed by atoms with van der Waals surface area (Å²) >= 11 is 0. The number of aryl methyl sites for hydroxylation is 2. The van der Waals surface area contributed by atoms with Crippen molar-refractivity contribution in [2.24, 2.45) is 0 Å². The largest absolute Gasteiger partial charge is 0.334 e. The Morgan fingerprint density at radius 1 is 1.42 bits per heavy atom. The van der Waals surface area contributed by atoms with Crippen molar-refractivity contribution in [3.8, 4) is 0 Å². The molecule has 1 aliphatic rings. The first-order valence-corrected chi connectivity index (χ1v) is 8.28. The molecule has 19 heavy (non-hydrogen) atoms. The topological polar surface area (TPSA) is 76.0 Å². The van der Waals surface area contributed by atoms with Crippen LogP contribution in [0.25, 0.3) is 0 Å². The molecule has 1 fully saturated rings. The molecule has 0 radical (unpaired) electrons. The Morgan fingerprint density at radius 3 is 2.74 bits per heavy atom. The highest BCUT2D eigenvalue weighted by molar-refractivity contribution is 7.89. The van der Waals surface area contributed by atoms with Crippen molar-refractivity contribution in [1.29, 1.82) is 0 Å². The van der Waals surface area contributed by atoms with Crippen molar-refractivity contribution < 1.29 is 8.42 Å². The van der Waals surface area contributed by atoms with Crippen LogP contribution in [0.1, 0.15) is 32.0 Å². The van der Waals surface area contributed by atoms with Crippen molar-refractivity contribution in [3.63, 3.8) is 0 Å². The number of hydrogen-bond acceptors (Lipinski definition) is 4. The molecule has 0 saturated heterocycles. The normalized spacial score (nSPS) is 15.9. The van der Waals surface area contributed by atoms with Crippen LogP contribution in [0.3, 0.4) is 0 Å². The second kappa shape index (κ2) is 6.02. The predicted octanol–water partition coefficient (Wildman–Crippen LogP) is 0.632. The van der Waals surface area contributed by atoms with E-state index in [1.807, 2.05) is 18.4 Å². The minimum atomic E-state index is -3.47. The zero-order valence-corrected chi connectivity index (χ0v) is 12.3. The van der Waals surface area contributed by atoms with Crippen molar-refractivity contribution in [3.05, 3.63) is 12.0 Å². The molecule has 0 aromatic carbocycles. The molecule has 1 aromatic rings. The van der Waals surface area contributed by atoms with E-state index in [0.29, 0.717) is 12.6 Å². The molecular weight excluding hydrogens is 264 g/mol. The molecule has 1 aromatic heterocycles. The summed E-state index contributed by atoms with van der Waals surface area (Å²) in [6, 6.07) is 0.666. The summed E-state index contributed by atoms with van der Waals surface area (Å²) < 4.78 is 28.4. The van der Waals surface area contributed by atoms with Gasteiger partial charge in [0.2, 0.25) is 0 Å². The summed E-state index contributed by atoms with van der Waals surface area (Å²) in [6.45, 7) is 5.79. The highest BCUT2D eigenvalue weighted by Crippen LogP contribution is 2.18. The Hall–Kier alpha value is -0.920. The maximum Gasteiger partial charge on any atom is 0.259 e. The summed E-state index contributed by atoms with van der Waals surface area (Å²) in [4.78, 5) is 4.09. The van der Waals surface area contributed by atoms with E-state index in [9.17, 15) is 8.42 Å². The molecule has 1 saturated carbocycles. The number of sulfonamides is 1. The van der Waals surface area contributed by atoms with E-state index >= 15 is 0 Å². The fourth-order valence-corrected chi connectivity index (χ4v) is 2.97. The van der Waals surface area contributed by atoms with Gasteiger partial charge in [0.15, 0.2) is 5.03 Å². The van der Waals surface area contributed by atoms with Crippen LogP contribution < -0.4 is 10.0 Å². The molecule has 2 rings (SSSR count). The summed E-state index contributed by atoms with van der Waals surface area (Å²) in [7, 11) is -3.47. The van der Waals surface area contributed by atoms with E-state index in [1.165, 1.54) is 12.8 Å². The molecule has 0 spiro atoms. The van der Waals surface area contributed by atoms with Gasteiger partial charge in [-0.05, 0) is 39.7 Å². The Bertz CT molecular complexity index is 520. The first-order chi connectivity index (χ1) is 9.03. The SMILES string of the molecule is CCn1cc(S(=O)(=O)NCCCNC2CC2)nc1C. The maximum absolute atomic E-state index is 12.0. The van der Waals surface area contributed by atoms with Gasteiger partial charge in [-0.15, -0.1) is 0 Å².